The van der Waals surface area contributed by atoms with E-state index >= 15 is 0 Å². The van der Waals surface area contributed by atoms with E-state index in [1.54, 1.807) is 36.4 Å². The van der Waals surface area contributed by atoms with Gasteiger partial charge in [0, 0.05) is 17.6 Å². The van der Waals surface area contributed by atoms with Crippen LogP contribution in [0.5, 0.6) is 5.75 Å². The molecule has 0 aliphatic rings. The van der Waals surface area contributed by atoms with Crippen molar-refractivity contribution in [1.82, 2.24) is 9.97 Å². The first-order chi connectivity index (χ1) is 15.2. The Morgan fingerprint density at radius 3 is 1.82 bits per heavy atom. The lowest BCUT2D eigenvalue weighted by atomic mass is 9.87. The zero-order chi connectivity index (χ0) is 24.4. The highest BCUT2D eigenvalue weighted by molar-refractivity contribution is 5.63. The largest absolute Gasteiger partial charge is 0.488 e. The molecule has 0 spiro atoms. The molecule has 1 aromatic heterocycles. The van der Waals surface area contributed by atoms with E-state index in [4.69, 9.17) is 4.74 Å². The number of nitrogens with zero attached hydrogens (tertiary/aromatic N) is 2. The maximum atomic E-state index is 13.6. The van der Waals surface area contributed by atoms with Crippen molar-refractivity contribution in [2.24, 2.45) is 0 Å². The molecule has 0 aliphatic heterocycles. The minimum Gasteiger partial charge on any atom is -0.488 e. The zero-order valence-corrected chi connectivity index (χ0v) is 19.6. The van der Waals surface area contributed by atoms with Crippen molar-refractivity contribution in [2.45, 2.75) is 58.7 Å². The minimum absolute atomic E-state index is 0.0429. The van der Waals surface area contributed by atoms with E-state index in [0.717, 1.165) is 11.8 Å². The third-order valence-corrected chi connectivity index (χ3v) is 4.64. The van der Waals surface area contributed by atoms with Crippen LogP contribution in [0.25, 0.3) is 0 Å². The lowest BCUT2D eigenvalue weighted by Crippen LogP contribution is -2.22. The summed E-state index contributed by atoms with van der Waals surface area (Å²) in [6.45, 7) is 12.0. The van der Waals surface area contributed by atoms with Crippen LogP contribution in [0.1, 0.15) is 52.7 Å². The van der Waals surface area contributed by atoms with Crippen LogP contribution in [-0.2, 0) is 11.6 Å². The molecule has 0 radical (unpaired) electrons. The number of alkyl halides is 3. The van der Waals surface area contributed by atoms with Crippen LogP contribution in [0, 0.1) is 0 Å². The Morgan fingerprint density at radius 2 is 1.30 bits per heavy atom. The smallest absolute Gasteiger partial charge is 0.421 e. The van der Waals surface area contributed by atoms with Gasteiger partial charge in [0.15, 0.2) is 0 Å². The van der Waals surface area contributed by atoms with E-state index in [-0.39, 0.29) is 22.8 Å². The fraction of sp³-hybridized carbons (Fsp3) is 0.360. The van der Waals surface area contributed by atoms with Crippen LogP contribution in [0.15, 0.2) is 54.7 Å². The third-order valence-electron chi connectivity index (χ3n) is 4.64. The molecule has 0 fully saturated rings. The highest BCUT2D eigenvalue weighted by Crippen LogP contribution is 2.36. The fourth-order valence-electron chi connectivity index (χ4n) is 3.02. The summed E-state index contributed by atoms with van der Waals surface area (Å²) in [5, 5.41) is 5.73. The number of nitrogens with one attached hydrogen (secondary N) is 2. The van der Waals surface area contributed by atoms with Crippen molar-refractivity contribution in [2.75, 3.05) is 10.6 Å². The van der Waals surface area contributed by atoms with Crippen molar-refractivity contribution in [3.05, 3.63) is 65.9 Å². The Morgan fingerprint density at radius 1 is 0.758 bits per heavy atom. The van der Waals surface area contributed by atoms with E-state index in [0.29, 0.717) is 17.1 Å². The zero-order valence-electron chi connectivity index (χ0n) is 19.6. The van der Waals surface area contributed by atoms with Crippen LogP contribution >= 0.6 is 0 Å². The number of hydrogen-bond acceptors (Lipinski definition) is 5. The molecule has 0 aliphatic carbocycles. The van der Waals surface area contributed by atoms with Gasteiger partial charge in [-0.25, -0.2) is 4.98 Å². The molecule has 5 nitrogen and oxygen atoms in total. The second-order valence-electron chi connectivity index (χ2n) is 9.77. The molecule has 3 aromatic rings. The van der Waals surface area contributed by atoms with Crippen molar-refractivity contribution >= 4 is 23.1 Å². The average molecular weight is 459 g/mol. The van der Waals surface area contributed by atoms with E-state index in [1.165, 1.54) is 0 Å². The normalized spacial score (nSPS) is 12.4. The SMILES string of the molecule is CC(C)(C)Oc1ccc(Nc2ncc(C(F)(F)F)c(Nc3ccc(C(C)(C)C)cc3)n2)cc1. The quantitative estimate of drug-likeness (QED) is 0.416. The topological polar surface area (TPSA) is 59.1 Å². The maximum Gasteiger partial charge on any atom is 0.421 e. The predicted molar refractivity (Wildman–Crippen MR) is 126 cm³/mol. The van der Waals surface area contributed by atoms with Crippen molar-refractivity contribution in [1.29, 1.82) is 0 Å². The number of rotatable bonds is 5. The number of benzene rings is 2. The molecule has 2 N–H and O–H groups in total. The van der Waals surface area contributed by atoms with Gasteiger partial charge in [-0.2, -0.15) is 18.2 Å². The summed E-state index contributed by atoms with van der Waals surface area (Å²) in [7, 11) is 0. The number of aromatic nitrogens is 2. The Bertz CT molecular complexity index is 1080. The number of anilines is 4. The highest BCUT2D eigenvalue weighted by Gasteiger charge is 2.35. The van der Waals surface area contributed by atoms with Crippen molar-refractivity contribution < 1.29 is 17.9 Å². The summed E-state index contributed by atoms with van der Waals surface area (Å²) in [6, 6.07) is 14.3. The van der Waals surface area contributed by atoms with Gasteiger partial charge < -0.3 is 15.4 Å². The first kappa shape index (κ1) is 24.4. The Balaban J connectivity index is 1.84. The van der Waals surface area contributed by atoms with Gasteiger partial charge in [0.25, 0.3) is 0 Å². The highest BCUT2D eigenvalue weighted by atomic mass is 19.4. The molecule has 8 heteroatoms. The molecule has 176 valence electrons. The Hall–Kier alpha value is -3.29. The summed E-state index contributed by atoms with van der Waals surface area (Å²) in [6.07, 6.45) is -3.82. The standard InChI is InChI=1S/C25H29F3N4O/c1-23(2,3)16-7-9-17(10-8-16)30-21-20(25(26,27)28)15-29-22(32-21)31-18-11-13-19(14-12-18)33-24(4,5)6/h7-15H,1-6H3,(H2,29,30,31,32). The molecule has 0 saturated heterocycles. The van der Waals surface area contributed by atoms with Crippen molar-refractivity contribution in [3.8, 4) is 5.75 Å². The van der Waals surface area contributed by atoms with Gasteiger partial charge in [0.05, 0.1) is 0 Å². The number of ether oxygens (including phenoxy) is 1. The summed E-state index contributed by atoms with van der Waals surface area (Å²) in [4.78, 5) is 7.96. The summed E-state index contributed by atoms with van der Waals surface area (Å²) in [5.74, 6) is 0.403. The Labute approximate surface area is 192 Å². The lowest BCUT2D eigenvalue weighted by molar-refractivity contribution is -0.137. The number of halogens is 3. The molecule has 3 rings (SSSR count). The van der Waals surface area contributed by atoms with Gasteiger partial charge in [0.2, 0.25) is 5.95 Å². The Kier molecular flexibility index (Phi) is 6.58. The monoisotopic (exact) mass is 458 g/mol. The molecule has 33 heavy (non-hydrogen) atoms. The maximum absolute atomic E-state index is 13.6. The summed E-state index contributed by atoms with van der Waals surface area (Å²) in [5.41, 5.74) is 0.861. The fourth-order valence-corrected chi connectivity index (χ4v) is 3.02. The van der Waals surface area contributed by atoms with Crippen molar-refractivity contribution in [3.63, 3.8) is 0 Å². The second kappa shape index (κ2) is 8.92. The number of hydrogen-bond donors (Lipinski definition) is 2. The van der Waals surface area contributed by atoms with Gasteiger partial charge in [0.1, 0.15) is 22.7 Å². The molecule has 0 amide bonds. The van der Waals surface area contributed by atoms with Gasteiger partial charge in [-0.15, -0.1) is 0 Å². The molecule has 0 saturated carbocycles. The van der Waals surface area contributed by atoms with Gasteiger partial charge >= 0.3 is 6.18 Å². The molecule has 1 heterocycles. The molecule has 0 bridgehead atoms. The summed E-state index contributed by atoms with van der Waals surface area (Å²) < 4.78 is 46.4. The van der Waals surface area contributed by atoms with Crippen LogP contribution in [0.4, 0.5) is 36.3 Å². The molecule has 0 unspecified atom stereocenters. The van der Waals surface area contributed by atoms with Crippen LogP contribution in [-0.4, -0.2) is 15.6 Å². The van der Waals surface area contributed by atoms with Gasteiger partial charge in [-0.1, -0.05) is 32.9 Å². The summed E-state index contributed by atoms with van der Waals surface area (Å²) >= 11 is 0. The average Bonchev–Trinajstić information content (AvgIpc) is 2.67. The predicted octanol–water partition coefficient (Wildman–Crippen LogP) is 7.46. The van der Waals surface area contributed by atoms with E-state index in [1.807, 2.05) is 32.9 Å². The second-order valence-corrected chi connectivity index (χ2v) is 9.77. The van der Waals surface area contributed by atoms with E-state index in [2.05, 4.69) is 41.4 Å². The third kappa shape index (κ3) is 6.84. The van der Waals surface area contributed by atoms with Gasteiger partial charge in [-0.05, 0) is 68.1 Å². The first-order valence-corrected chi connectivity index (χ1v) is 10.6. The molecule has 2 aromatic carbocycles. The molecule has 0 atom stereocenters. The van der Waals surface area contributed by atoms with Crippen LogP contribution in [0.2, 0.25) is 0 Å². The van der Waals surface area contributed by atoms with E-state index in [9.17, 15) is 13.2 Å². The van der Waals surface area contributed by atoms with Crippen LogP contribution in [0.3, 0.4) is 0 Å². The molecular formula is C25H29F3N4O. The van der Waals surface area contributed by atoms with Crippen LogP contribution < -0.4 is 15.4 Å². The van der Waals surface area contributed by atoms with E-state index < -0.39 is 11.7 Å². The first-order valence-electron chi connectivity index (χ1n) is 10.6. The lowest BCUT2D eigenvalue weighted by Gasteiger charge is -2.21. The van der Waals surface area contributed by atoms with Gasteiger partial charge in [-0.3, -0.25) is 0 Å². The minimum atomic E-state index is -4.60. The molecular weight excluding hydrogens is 429 g/mol.